The molecule has 1 N–H and O–H groups in total. The molecule has 1 aliphatic rings. The van der Waals surface area contributed by atoms with Crippen LogP contribution < -0.4 is 10.2 Å². The molecule has 1 saturated heterocycles. The van der Waals surface area contributed by atoms with E-state index in [0.717, 1.165) is 23.4 Å². The number of nitrogens with one attached hydrogen (secondary N) is 1. The summed E-state index contributed by atoms with van der Waals surface area (Å²) in [5.74, 6) is -1.67. The van der Waals surface area contributed by atoms with E-state index in [-0.39, 0.29) is 18.9 Å². The molecule has 154 valence electrons. The molecule has 1 atom stereocenters. The zero-order valence-corrected chi connectivity index (χ0v) is 17.2. The Hall–Kier alpha value is -3.16. The molecule has 8 heteroatoms. The number of carbonyl (C=O) groups is 3. The molecule has 0 unspecified atom stereocenters. The van der Waals surface area contributed by atoms with Gasteiger partial charge < -0.3 is 15.0 Å². The topological polar surface area (TPSA) is 93.5 Å². The first-order chi connectivity index (χ1) is 13.8. The molecule has 0 saturated carbocycles. The number of carbonyl (C=O) groups excluding carboxylic acids is 3. The van der Waals surface area contributed by atoms with Crippen molar-refractivity contribution in [3.05, 3.63) is 41.2 Å². The van der Waals surface area contributed by atoms with E-state index in [1.54, 1.807) is 23.6 Å². The summed E-state index contributed by atoms with van der Waals surface area (Å²) in [6.45, 7) is 5.52. The third-order valence-corrected chi connectivity index (χ3v) is 5.24. The summed E-state index contributed by atoms with van der Waals surface area (Å²) >= 11 is 0. The third kappa shape index (κ3) is 4.31. The van der Waals surface area contributed by atoms with Crippen LogP contribution in [0.4, 0.5) is 11.4 Å². The average molecular weight is 398 g/mol. The number of aryl methyl sites for hydroxylation is 3. The van der Waals surface area contributed by atoms with Crippen molar-refractivity contribution in [3.8, 4) is 0 Å². The number of aromatic nitrogens is 2. The predicted octanol–water partition coefficient (Wildman–Crippen LogP) is 2.13. The van der Waals surface area contributed by atoms with Crippen molar-refractivity contribution in [2.75, 3.05) is 23.4 Å². The van der Waals surface area contributed by atoms with E-state index >= 15 is 0 Å². The van der Waals surface area contributed by atoms with Crippen molar-refractivity contribution in [3.63, 3.8) is 0 Å². The van der Waals surface area contributed by atoms with Gasteiger partial charge >= 0.3 is 5.97 Å². The van der Waals surface area contributed by atoms with Gasteiger partial charge in [-0.1, -0.05) is 25.1 Å². The fraction of sp³-hybridized carbons (Fsp3) is 0.429. The summed E-state index contributed by atoms with van der Waals surface area (Å²) in [4.78, 5) is 38.7. The Balaban J connectivity index is 1.57. The van der Waals surface area contributed by atoms with Gasteiger partial charge in [0.15, 0.2) is 6.61 Å². The molecule has 1 fully saturated rings. The number of nitrogens with zero attached hydrogens (tertiary/aromatic N) is 3. The maximum Gasteiger partial charge on any atom is 0.311 e. The molecule has 0 bridgehead atoms. The van der Waals surface area contributed by atoms with E-state index in [1.165, 1.54) is 0 Å². The van der Waals surface area contributed by atoms with Crippen LogP contribution in [0.3, 0.4) is 0 Å². The number of hydrogen-bond acceptors (Lipinski definition) is 5. The second-order valence-electron chi connectivity index (χ2n) is 7.21. The van der Waals surface area contributed by atoms with Gasteiger partial charge in [-0.3, -0.25) is 19.1 Å². The normalized spacial score (nSPS) is 16.2. The molecule has 8 nitrogen and oxygen atoms in total. The van der Waals surface area contributed by atoms with Crippen LogP contribution in [0.25, 0.3) is 0 Å². The molecule has 1 aliphatic heterocycles. The average Bonchev–Trinajstić information content (AvgIpc) is 3.20. The number of para-hydroxylation sites is 1. The SMILES string of the molecule is CCc1ccccc1N1C[C@H](C(=O)OCC(=O)Nc2c(C)nn(C)c2C)CC1=O. The molecule has 29 heavy (non-hydrogen) atoms. The van der Waals surface area contributed by atoms with Gasteiger partial charge in [-0.05, 0) is 31.9 Å². The first-order valence-corrected chi connectivity index (χ1v) is 9.66. The van der Waals surface area contributed by atoms with Crippen molar-refractivity contribution >= 4 is 29.2 Å². The van der Waals surface area contributed by atoms with Crippen LogP contribution in [0.2, 0.25) is 0 Å². The third-order valence-electron chi connectivity index (χ3n) is 5.24. The summed E-state index contributed by atoms with van der Waals surface area (Å²) in [5, 5.41) is 6.96. The monoisotopic (exact) mass is 398 g/mol. The van der Waals surface area contributed by atoms with Gasteiger partial charge in [0.1, 0.15) is 0 Å². The molecule has 3 rings (SSSR count). The van der Waals surface area contributed by atoms with Crippen LogP contribution >= 0.6 is 0 Å². The molecule has 0 radical (unpaired) electrons. The highest BCUT2D eigenvalue weighted by Crippen LogP contribution is 2.29. The Morgan fingerprint density at radius 3 is 2.66 bits per heavy atom. The van der Waals surface area contributed by atoms with Gasteiger partial charge in [-0.25, -0.2) is 0 Å². The summed E-state index contributed by atoms with van der Waals surface area (Å²) in [5.41, 5.74) is 4.00. The van der Waals surface area contributed by atoms with E-state index in [0.29, 0.717) is 11.4 Å². The quantitative estimate of drug-likeness (QED) is 0.753. The molecule has 1 aromatic carbocycles. The van der Waals surface area contributed by atoms with Crippen molar-refractivity contribution in [1.82, 2.24) is 9.78 Å². The minimum Gasteiger partial charge on any atom is -0.455 e. The second-order valence-corrected chi connectivity index (χ2v) is 7.21. The van der Waals surface area contributed by atoms with Gasteiger partial charge in [0.05, 0.1) is 23.0 Å². The van der Waals surface area contributed by atoms with Crippen LogP contribution in [0.5, 0.6) is 0 Å². The van der Waals surface area contributed by atoms with Crippen molar-refractivity contribution < 1.29 is 19.1 Å². The highest BCUT2D eigenvalue weighted by molar-refractivity contribution is 6.00. The van der Waals surface area contributed by atoms with Crippen molar-refractivity contribution in [2.24, 2.45) is 13.0 Å². The number of amides is 2. The zero-order chi connectivity index (χ0) is 21.1. The largest absolute Gasteiger partial charge is 0.455 e. The zero-order valence-electron chi connectivity index (χ0n) is 17.2. The van der Waals surface area contributed by atoms with Crippen molar-refractivity contribution in [2.45, 2.75) is 33.6 Å². The lowest BCUT2D eigenvalue weighted by molar-refractivity contribution is -0.151. The first kappa shape index (κ1) is 20.6. The van der Waals surface area contributed by atoms with E-state index in [2.05, 4.69) is 10.4 Å². The molecule has 2 amide bonds. The van der Waals surface area contributed by atoms with Gasteiger partial charge in [0.25, 0.3) is 5.91 Å². The molecule has 0 spiro atoms. The number of rotatable bonds is 6. The smallest absolute Gasteiger partial charge is 0.311 e. The van der Waals surface area contributed by atoms with Crippen LogP contribution in [-0.4, -0.2) is 40.7 Å². The Bertz CT molecular complexity index is 950. The van der Waals surface area contributed by atoms with E-state index in [1.807, 2.05) is 38.1 Å². The molecule has 2 heterocycles. The van der Waals surface area contributed by atoms with Crippen LogP contribution in [0, 0.1) is 19.8 Å². The molecule has 2 aromatic rings. The summed E-state index contributed by atoms with van der Waals surface area (Å²) in [6.07, 6.45) is 0.877. The highest BCUT2D eigenvalue weighted by Gasteiger charge is 2.37. The van der Waals surface area contributed by atoms with Crippen LogP contribution in [-0.2, 0) is 32.6 Å². The van der Waals surface area contributed by atoms with Gasteiger partial charge in [0.2, 0.25) is 5.91 Å². The fourth-order valence-corrected chi connectivity index (χ4v) is 3.56. The Morgan fingerprint density at radius 1 is 1.28 bits per heavy atom. The summed E-state index contributed by atoms with van der Waals surface area (Å²) in [6, 6.07) is 7.66. The lowest BCUT2D eigenvalue weighted by atomic mass is 10.1. The number of hydrogen-bond donors (Lipinski definition) is 1. The van der Waals surface area contributed by atoms with Gasteiger partial charge in [-0.15, -0.1) is 0 Å². The standard InChI is InChI=1S/C21H26N4O4/c1-5-15-8-6-7-9-17(15)25-11-16(10-19(25)27)21(28)29-12-18(26)22-20-13(2)23-24(4)14(20)3/h6-9,16H,5,10-12H2,1-4H3,(H,22,26)/t16-/m1/s1. The van der Waals surface area contributed by atoms with E-state index in [4.69, 9.17) is 4.74 Å². The van der Waals surface area contributed by atoms with Gasteiger partial charge in [-0.2, -0.15) is 5.10 Å². The molecular formula is C21H26N4O4. The maximum atomic E-state index is 12.4. The first-order valence-electron chi connectivity index (χ1n) is 9.66. The number of anilines is 2. The Labute approximate surface area is 169 Å². The lowest BCUT2D eigenvalue weighted by Crippen LogP contribution is -2.28. The second kappa shape index (κ2) is 8.46. The predicted molar refractivity (Wildman–Crippen MR) is 109 cm³/mol. The minimum atomic E-state index is -0.581. The number of ether oxygens (including phenoxy) is 1. The maximum absolute atomic E-state index is 12.4. The van der Waals surface area contributed by atoms with Gasteiger partial charge in [0, 0.05) is 25.7 Å². The molecular weight excluding hydrogens is 372 g/mol. The summed E-state index contributed by atoms with van der Waals surface area (Å²) in [7, 11) is 1.79. The van der Waals surface area contributed by atoms with Crippen molar-refractivity contribution in [1.29, 1.82) is 0 Å². The minimum absolute atomic E-state index is 0.0827. The lowest BCUT2D eigenvalue weighted by Gasteiger charge is -2.19. The van der Waals surface area contributed by atoms with E-state index < -0.39 is 24.4 Å². The van der Waals surface area contributed by atoms with Crippen LogP contribution in [0.1, 0.15) is 30.3 Å². The molecule has 1 aromatic heterocycles. The van der Waals surface area contributed by atoms with E-state index in [9.17, 15) is 14.4 Å². The Morgan fingerprint density at radius 2 is 2.00 bits per heavy atom. The number of benzene rings is 1. The molecule has 0 aliphatic carbocycles. The van der Waals surface area contributed by atoms with Crippen LogP contribution in [0.15, 0.2) is 24.3 Å². The summed E-state index contributed by atoms with van der Waals surface area (Å²) < 4.78 is 6.85. The highest BCUT2D eigenvalue weighted by atomic mass is 16.5. The number of esters is 1. The fourth-order valence-electron chi connectivity index (χ4n) is 3.56. The Kier molecular flexibility index (Phi) is 6.00.